The minimum Gasteiger partial charge on any atom is -0.343 e. The number of aryl methyl sites for hydroxylation is 2. The Morgan fingerprint density at radius 3 is 2.60 bits per heavy atom. The van der Waals surface area contributed by atoms with Crippen LogP contribution in [-0.4, -0.2) is 28.9 Å². The number of carbonyl (C=O) groups is 1. The van der Waals surface area contributed by atoms with Gasteiger partial charge in [0.25, 0.3) is 0 Å². The van der Waals surface area contributed by atoms with Gasteiger partial charge in [0.05, 0.1) is 10.7 Å². The average Bonchev–Trinajstić information content (AvgIpc) is 2.63. The molecule has 1 amide bonds. The molecule has 1 aromatic heterocycles. The highest BCUT2D eigenvalue weighted by atomic mass is 32.1. The molecule has 1 rings (SSSR count). The Labute approximate surface area is 95.1 Å². The molecule has 1 heterocycles. The highest BCUT2D eigenvalue weighted by Crippen LogP contribution is 2.10. The fourth-order valence-electron chi connectivity index (χ4n) is 1.49. The topological polar surface area (TPSA) is 33.2 Å². The largest absolute Gasteiger partial charge is 0.343 e. The standard InChI is InChI=1S/C11H18N2OS/c1-4-13(5-2)11(14)7-6-10-8-15-9(3)12-10/h8H,4-7H2,1-3H3. The van der Waals surface area contributed by atoms with E-state index in [9.17, 15) is 4.79 Å². The lowest BCUT2D eigenvalue weighted by molar-refractivity contribution is -0.130. The molecule has 0 N–H and O–H groups in total. The maximum absolute atomic E-state index is 11.7. The molecule has 15 heavy (non-hydrogen) atoms. The molecule has 84 valence electrons. The molecule has 0 aliphatic carbocycles. The summed E-state index contributed by atoms with van der Waals surface area (Å²) >= 11 is 1.64. The summed E-state index contributed by atoms with van der Waals surface area (Å²) < 4.78 is 0. The first kappa shape index (κ1) is 12.2. The van der Waals surface area contributed by atoms with Crippen LogP contribution in [-0.2, 0) is 11.2 Å². The highest BCUT2D eigenvalue weighted by molar-refractivity contribution is 7.09. The van der Waals surface area contributed by atoms with E-state index in [1.54, 1.807) is 11.3 Å². The number of carbonyl (C=O) groups excluding carboxylic acids is 1. The van der Waals surface area contributed by atoms with Crippen LogP contribution in [0.25, 0.3) is 0 Å². The van der Waals surface area contributed by atoms with E-state index in [1.165, 1.54) is 0 Å². The zero-order valence-electron chi connectivity index (χ0n) is 9.62. The summed E-state index contributed by atoms with van der Waals surface area (Å²) in [6, 6.07) is 0. The van der Waals surface area contributed by atoms with Crippen LogP contribution in [0.4, 0.5) is 0 Å². The number of hydrogen-bond donors (Lipinski definition) is 0. The van der Waals surface area contributed by atoms with Gasteiger partial charge in [0, 0.05) is 24.9 Å². The Bertz CT molecular complexity index is 318. The van der Waals surface area contributed by atoms with Gasteiger partial charge in [-0.05, 0) is 27.2 Å². The summed E-state index contributed by atoms with van der Waals surface area (Å²) in [6.07, 6.45) is 1.34. The van der Waals surface area contributed by atoms with Gasteiger partial charge in [0.1, 0.15) is 0 Å². The van der Waals surface area contributed by atoms with Gasteiger partial charge < -0.3 is 4.90 Å². The van der Waals surface area contributed by atoms with E-state index in [4.69, 9.17) is 0 Å². The third kappa shape index (κ3) is 3.63. The maximum atomic E-state index is 11.7. The van der Waals surface area contributed by atoms with E-state index in [2.05, 4.69) is 4.98 Å². The molecule has 0 unspecified atom stereocenters. The van der Waals surface area contributed by atoms with Crippen molar-refractivity contribution in [2.75, 3.05) is 13.1 Å². The zero-order chi connectivity index (χ0) is 11.3. The summed E-state index contributed by atoms with van der Waals surface area (Å²) in [5.41, 5.74) is 1.04. The van der Waals surface area contributed by atoms with Crippen molar-refractivity contribution >= 4 is 17.2 Å². The normalized spacial score (nSPS) is 10.3. The SMILES string of the molecule is CCN(CC)C(=O)CCc1csc(C)n1. The van der Waals surface area contributed by atoms with Crippen LogP contribution in [0.5, 0.6) is 0 Å². The second-order valence-corrected chi connectivity index (χ2v) is 4.49. The molecule has 0 aliphatic heterocycles. The first-order valence-corrected chi connectivity index (χ1v) is 6.24. The molecule has 0 fully saturated rings. The number of hydrogen-bond acceptors (Lipinski definition) is 3. The summed E-state index contributed by atoms with van der Waals surface area (Å²) in [7, 11) is 0. The number of nitrogens with zero attached hydrogens (tertiary/aromatic N) is 2. The van der Waals surface area contributed by atoms with Crippen molar-refractivity contribution in [3.63, 3.8) is 0 Å². The van der Waals surface area contributed by atoms with Crippen LogP contribution in [0.2, 0.25) is 0 Å². The van der Waals surface area contributed by atoms with E-state index >= 15 is 0 Å². The Kier molecular flexibility index (Phi) is 4.75. The summed E-state index contributed by atoms with van der Waals surface area (Å²) in [5, 5.41) is 3.10. The smallest absolute Gasteiger partial charge is 0.222 e. The molecule has 0 saturated heterocycles. The fraction of sp³-hybridized carbons (Fsp3) is 0.636. The van der Waals surface area contributed by atoms with Crippen molar-refractivity contribution in [1.82, 2.24) is 9.88 Å². The lowest BCUT2D eigenvalue weighted by Gasteiger charge is -2.17. The number of aromatic nitrogens is 1. The van der Waals surface area contributed by atoms with Gasteiger partial charge in [-0.25, -0.2) is 4.98 Å². The molecular formula is C11H18N2OS. The second kappa shape index (κ2) is 5.85. The van der Waals surface area contributed by atoms with E-state index < -0.39 is 0 Å². The fourth-order valence-corrected chi connectivity index (χ4v) is 2.14. The molecule has 0 aliphatic rings. The zero-order valence-corrected chi connectivity index (χ0v) is 10.4. The Hall–Kier alpha value is -0.900. The lowest BCUT2D eigenvalue weighted by Crippen LogP contribution is -2.30. The number of rotatable bonds is 5. The molecule has 4 heteroatoms. The van der Waals surface area contributed by atoms with Crippen molar-refractivity contribution in [2.45, 2.75) is 33.6 Å². The van der Waals surface area contributed by atoms with Crippen molar-refractivity contribution in [1.29, 1.82) is 0 Å². The van der Waals surface area contributed by atoms with Gasteiger partial charge >= 0.3 is 0 Å². The predicted molar refractivity (Wildman–Crippen MR) is 63.1 cm³/mol. The maximum Gasteiger partial charge on any atom is 0.222 e. The number of amides is 1. The number of thiazole rings is 1. The van der Waals surface area contributed by atoms with Crippen LogP contribution in [0.15, 0.2) is 5.38 Å². The highest BCUT2D eigenvalue weighted by Gasteiger charge is 2.09. The summed E-state index contributed by atoms with van der Waals surface area (Å²) in [4.78, 5) is 17.9. The molecule has 0 bridgehead atoms. The molecule has 0 radical (unpaired) electrons. The van der Waals surface area contributed by atoms with Crippen molar-refractivity contribution < 1.29 is 4.79 Å². The Morgan fingerprint density at radius 2 is 2.13 bits per heavy atom. The van der Waals surface area contributed by atoms with Crippen LogP contribution >= 0.6 is 11.3 Å². The van der Waals surface area contributed by atoms with Crippen LogP contribution in [0.3, 0.4) is 0 Å². The molecule has 0 atom stereocenters. The van der Waals surface area contributed by atoms with Gasteiger partial charge in [-0.15, -0.1) is 11.3 Å². The van der Waals surface area contributed by atoms with Gasteiger partial charge in [0.2, 0.25) is 5.91 Å². The first-order valence-electron chi connectivity index (χ1n) is 5.36. The minimum absolute atomic E-state index is 0.227. The first-order chi connectivity index (χ1) is 7.17. The molecule has 3 nitrogen and oxygen atoms in total. The molecule has 1 aromatic rings. The van der Waals surface area contributed by atoms with E-state index in [0.717, 1.165) is 30.2 Å². The van der Waals surface area contributed by atoms with Crippen LogP contribution < -0.4 is 0 Å². The average molecular weight is 226 g/mol. The Morgan fingerprint density at radius 1 is 1.47 bits per heavy atom. The van der Waals surface area contributed by atoms with Crippen molar-refractivity contribution in [3.8, 4) is 0 Å². The second-order valence-electron chi connectivity index (χ2n) is 3.42. The van der Waals surface area contributed by atoms with Gasteiger partial charge in [-0.2, -0.15) is 0 Å². The van der Waals surface area contributed by atoms with E-state index in [1.807, 2.05) is 31.1 Å². The third-order valence-corrected chi connectivity index (χ3v) is 3.20. The third-order valence-electron chi connectivity index (χ3n) is 2.38. The van der Waals surface area contributed by atoms with E-state index in [-0.39, 0.29) is 5.91 Å². The van der Waals surface area contributed by atoms with Crippen molar-refractivity contribution in [2.24, 2.45) is 0 Å². The summed E-state index contributed by atoms with van der Waals surface area (Å²) in [5.74, 6) is 0.227. The lowest BCUT2D eigenvalue weighted by atomic mass is 10.2. The molecule has 0 aromatic carbocycles. The van der Waals surface area contributed by atoms with Gasteiger partial charge in [0.15, 0.2) is 0 Å². The van der Waals surface area contributed by atoms with Gasteiger partial charge in [-0.1, -0.05) is 0 Å². The Balaban J connectivity index is 2.40. The predicted octanol–water partition coefficient (Wildman–Crippen LogP) is 2.25. The van der Waals surface area contributed by atoms with E-state index in [0.29, 0.717) is 6.42 Å². The van der Waals surface area contributed by atoms with Crippen molar-refractivity contribution in [3.05, 3.63) is 16.1 Å². The molecule has 0 spiro atoms. The van der Waals surface area contributed by atoms with Crippen LogP contribution in [0.1, 0.15) is 31.0 Å². The molecule has 0 saturated carbocycles. The minimum atomic E-state index is 0.227. The summed E-state index contributed by atoms with van der Waals surface area (Å²) in [6.45, 7) is 7.60. The quantitative estimate of drug-likeness (QED) is 0.771. The molecular weight excluding hydrogens is 208 g/mol. The van der Waals surface area contributed by atoms with Gasteiger partial charge in [-0.3, -0.25) is 4.79 Å². The monoisotopic (exact) mass is 226 g/mol. The van der Waals surface area contributed by atoms with Crippen LogP contribution in [0, 0.1) is 6.92 Å².